The molecule has 0 aliphatic rings. The minimum atomic E-state index is -0.194. The number of halogens is 1. The lowest BCUT2D eigenvalue weighted by Gasteiger charge is -2.20. The lowest BCUT2D eigenvalue weighted by atomic mass is 10.2. The highest BCUT2D eigenvalue weighted by molar-refractivity contribution is 6.30. The van der Waals surface area contributed by atoms with Crippen molar-refractivity contribution in [3.05, 3.63) is 29.0 Å². The molecular formula is C12H17ClN2O2. The van der Waals surface area contributed by atoms with E-state index in [1.165, 1.54) is 7.11 Å². The van der Waals surface area contributed by atoms with Crippen LogP contribution < -0.4 is 0 Å². The third-order valence-corrected chi connectivity index (χ3v) is 2.88. The van der Waals surface area contributed by atoms with Crippen LogP contribution in [0.2, 0.25) is 5.15 Å². The van der Waals surface area contributed by atoms with E-state index in [2.05, 4.69) is 14.6 Å². The van der Waals surface area contributed by atoms with Crippen molar-refractivity contribution >= 4 is 17.6 Å². The average Bonchev–Trinajstić information content (AvgIpc) is 2.36. The number of esters is 1. The summed E-state index contributed by atoms with van der Waals surface area (Å²) in [4.78, 5) is 17.2. The van der Waals surface area contributed by atoms with Gasteiger partial charge in [0.1, 0.15) is 5.15 Å². The van der Waals surface area contributed by atoms with Crippen LogP contribution in [0.15, 0.2) is 18.3 Å². The molecule has 0 bridgehead atoms. The molecule has 0 aliphatic heterocycles. The summed E-state index contributed by atoms with van der Waals surface area (Å²) in [7, 11) is 1.40. The van der Waals surface area contributed by atoms with Gasteiger partial charge in [-0.15, -0.1) is 0 Å². The van der Waals surface area contributed by atoms with Crippen LogP contribution in [-0.4, -0.2) is 36.1 Å². The Kier molecular flexibility index (Phi) is 5.94. The molecule has 0 saturated carbocycles. The summed E-state index contributed by atoms with van der Waals surface area (Å²) in [5, 5.41) is 0.518. The van der Waals surface area contributed by atoms with E-state index < -0.39 is 0 Å². The molecule has 1 rings (SSSR count). The van der Waals surface area contributed by atoms with E-state index in [4.69, 9.17) is 11.6 Å². The van der Waals surface area contributed by atoms with Gasteiger partial charge in [-0.1, -0.05) is 24.6 Å². The Hall–Kier alpha value is -1.13. The Morgan fingerprint density at radius 3 is 2.94 bits per heavy atom. The number of pyridine rings is 1. The molecule has 0 spiro atoms. The highest BCUT2D eigenvalue weighted by Gasteiger charge is 2.09. The summed E-state index contributed by atoms with van der Waals surface area (Å²) in [5.74, 6) is -0.194. The normalized spacial score (nSPS) is 10.6. The number of rotatable bonds is 6. The number of nitrogens with zero attached hydrogens (tertiary/aromatic N) is 2. The van der Waals surface area contributed by atoms with Gasteiger partial charge in [-0.05, 0) is 12.6 Å². The second kappa shape index (κ2) is 7.25. The van der Waals surface area contributed by atoms with Gasteiger partial charge in [0.15, 0.2) is 0 Å². The predicted molar refractivity (Wildman–Crippen MR) is 66.8 cm³/mol. The first-order valence-electron chi connectivity index (χ1n) is 5.56. The molecule has 1 aromatic heterocycles. The van der Waals surface area contributed by atoms with Crippen LogP contribution in [0.1, 0.15) is 18.9 Å². The average molecular weight is 257 g/mol. The fourth-order valence-corrected chi connectivity index (χ4v) is 1.66. The largest absolute Gasteiger partial charge is 0.469 e. The molecule has 17 heavy (non-hydrogen) atoms. The predicted octanol–water partition coefficient (Wildman–Crippen LogP) is 2.12. The van der Waals surface area contributed by atoms with Crippen LogP contribution in [-0.2, 0) is 16.1 Å². The molecule has 0 N–H and O–H groups in total. The first kappa shape index (κ1) is 13.9. The number of methoxy groups -OCH3 is 1. The summed E-state index contributed by atoms with van der Waals surface area (Å²) in [6.45, 7) is 4.25. The Labute approximate surface area is 107 Å². The monoisotopic (exact) mass is 256 g/mol. The maximum absolute atomic E-state index is 11.1. The number of carbonyl (C=O) groups excluding carboxylic acids is 1. The van der Waals surface area contributed by atoms with Crippen molar-refractivity contribution in [3.63, 3.8) is 0 Å². The van der Waals surface area contributed by atoms with Crippen LogP contribution in [0.3, 0.4) is 0 Å². The zero-order chi connectivity index (χ0) is 12.7. The molecule has 5 heteroatoms. The molecule has 1 aromatic rings. The first-order chi connectivity index (χ1) is 8.17. The van der Waals surface area contributed by atoms with Crippen molar-refractivity contribution in [2.24, 2.45) is 0 Å². The molecule has 0 atom stereocenters. The van der Waals surface area contributed by atoms with Gasteiger partial charge < -0.3 is 4.74 Å². The van der Waals surface area contributed by atoms with E-state index >= 15 is 0 Å². The van der Waals surface area contributed by atoms with Crippen molar-refractivity contribution in [2.45, 2.75) is 19.9 Å². The van der Waals surface area contributed by atoms with Crippen LogP contribution in [0, 0.1) is 0 Å². The Morgan fingerprint density at radius 1 is 1.59 bits per heavy atom. The first-order valence-corrected chi connectivity index (χ1v) is 5.93. The lowest BCUT2D eigenvalue weighted by Crippen LogP contribution is -2.26. The summed E-state index contributed by atoms with van der Waals surface area (Å²) in [5.41, 5.74) is 0.973. The minimum absolute atomic E-state index is 0.194. The van der Waals surface area contributed by atoms with Gasteiger partial charge in [-0.3, -0.25) is 9.69 Å². The number of carbonyl (C=O) groups is 1. The molecule has 0 fully saturated rings. The molecule has 0 radical (unpaired) electrons. The van der Waals surface area contributed by atoms with Crippen molar-refractivity contribution in [3.8, 4) is 0 Å². The SMILES string of the molecule is CCN(CCC(=O)OC)Cc1cccnc1Cl. The standard InChI is InChI=1S/C12H17ClN2O2/c1-3-15(8-6-11(16)17-2)9-10-5-4-7-14-12(10)13/h4-5,7H,3,6,8-9H2,1-2H3. The second-order valence-electron chi connectivity index (χ2n) is 3.65. The second-order valence-corrected chi connectivity index (χ2v) is 4.01. The quantitative estimate of drug-likeness (QED) is 0.578. The zero-order valence-electron chi connectivity index (χ0n) is 10.1. The summed E-state index contributed by atoms with van der Waals surface area (Å²) in [6.07, 6.45) is 2.05. The Balaban J connectivity index is 2.52. The van der Waals surface area contributed by atoms with E-state index in [-0.39, 0.29) is 5.97 Å². The highest BCUT2D eigenvalue weighted by Crippen LogP contribution is 2.14. The fourth-order valence-electron chi connectivity index (χ4n) is 1.48. The molecule has 4 nitrogen and oxygen atoms in total. The summed E-state index contributed by atoms with van der Waals surface area (Å²) >= 11 is 5.99. The lowest BCUT2D eigenvalue weighted by molar-refractivity contribution is -0.141. The van der Waals surface area contributed by atoms with Crippen LogP contribution in [0.4, 0.5) is 0 Å². The van der Waals surface area contributed by atoms with E-state index in [9.17, 15) is 4.79 Å². The molecule has 0 unspecified atom stereocenters. The topological polar surface area (TPSA) is 42.4 Å². The van der Waals surface area contributed by atoms with Gasteiger partial charge in [0.05, 0.1) is 13.5 Å². The number of ether oxygens (including phenoxy) is 1. The van der Waals surface area contributed by atoms with Crippen molar-refractivity contribution in [2.75, 3.05) is 20.2 Å². The third-order valence-electron chi connectivity index (χ3n) is 2.54. The van der Waals surface area contributed by atoms with Gasteiger partial charge >= 0.3 is 5.97 Å². The van der Waals surface area contributed by atoms with E-state index in [1.807, 2.05) is 19.1 Å². The van der Waals surface area contributed by atoms with Crippen LogP contribution >= 0.6 is 11.6 Å². The van der Waals surface area contributed by atoms with Gasteiger partial charge in [0, 0.05) is 24.8 Å². The maximum atomic E-state index is 11.1. The molecule has 0 amide bonds. The van der Waals surface area contributed by atoms with Crippen LogP contribution in [0.25, 0.3) is 0 Å². The fraction of sp³-hybridized carbons (Fsp3) is 0.500. The van der Waals surface area contributed by atoms with Crippen molar-refractivity contribution in [1.82, 2.24) is 9.88 Å². The van der Waals surface area contributed by atoms with Gasteiger partial charge in [-0.25, -0.2) is 4.98 Å². The van der Waals surface area contributed by atoms with Gasteiger partial charge in [-0.2, -0.15) is 0 Å². The van der Waals surface area contributed by atoms with Crippen molar-refractivity contribution in [1.29, 1.82) is 0 Å². The molecule has 1 heterocycles. The minimum Gasteiger partial charge on any atom is -0.469 e. The van der Waals surface area contributed by atoms with Gasteiger partial charge in [0.25, 0.3) is 0 Å². The molecule has 0 aliphatic carbocycles. The third kappa shape index (κ3) is 4.71. The van der Waals surface area contributed by atoms with E-state index in [0.29, 0.717) is 24.7 Å². The number of aromatic nitrogens is 1. The van der Waals surface area contributed by atoms with Crippen LogP contribution in [0.5, 0.6) is 0 Å². The molecule has 0 aromatic carbocycles. The maximum Gasteiger partial charge on any atom is 0.306 e. The van der Waals surface area contributed by atoms with Crippen molar-refractivity contribution < 1.29 is 9.53 Å². The number of hydrogen-bond donors (Lipinski definition) is 0. The highest BCUT2D eigenvalue weighted by atomic mass is 35.5. The number of hydrogen-bond acceptors (Lipinski definition) is 4. The molecule has 0 saturated heterocycles. The smallest absolute Gasteiger partial charge is 0.306 e. The van der Waals surface area contributed by atoms with E-state index in [1.54, 1.807) is 6.20 Å². The summed E-state index contributed by atoms with van der Waals surface area (Å²) in [6, 6.07) is 3.80. The zero-order valence-corrected chi connectivity index (χ0v) is 10.9. The molecular weight excluding hydrogens is 240 g/mol. The molecule has 94 valence electrons. The van der Waals surface area contributed by atoms with Gasteiger partial charge in [0.2, 0.25) is 0 Å². The Bertz CT molecular complexity index is 371. The van der Waals surface area contributed by atoms with E-state index in [0.717, 1.165) is 12.1 Å². The Morgan fingerprint density at radius 2 is 2.35 bits per heavy atom. The summed E-state index contributed by atoms with van der Waals surface area (Å²) < 4.78 is 4.62.